The number of ether oxygens (including phenoxy) is 2. The van der Waals surface area contributed by atoms with Gasteiger partial charge in [-0.1, -0.05) is 34.8 Å². The third kappa shape index (κ3) is 5.69. The van der Waals surface area contributed by atoms with E-state index in [0.29, 0.717) is 0 Å². The molecule has 172 valence electrons. The maximum Gasteiger partial charge on any atom is 0.341 e. The molecule has 8 nitrogen and oxygen atoms in total. The predicted molar refractivity (Wildman–Crippen MR) is 116 cm³/mol. The molecular formula is C19H16Cl3FN2O6S. The number of hydrogen-bond acceptors (Lipinski definition) is 6. The van der Waals surface area contributed by atoms with Gasteiger partial charge in [-0.15, -0.1) is 0 Å². The summed E-state index contributed by atoms with van der Waals surface area (Å²) in [6.45, 7) is -0.0723. The highest BCUT2D eigenvalue weighted by Gasteiger charge is 2.28. The SMILES string of the molecule is O=C(COC(=O)c1cc(S(=O)(=O)N2CCOCC2)ccc1F)Nc1c(Cl)cc(Cl)cc1Cl. The second-order valence-corrected chi connectivity index (χ2v) is 9.72. The molecule has 1 N–H and O–H groups in total. The second kappa shape index (κ2) is 10.3. The minimum absolute atomic E-state index is 0.0589. The molecule has 0 radical (unpaired) electrons. The van der Waals surface area contributed by atoms with Crippen LogP contribution in [0, 0.1) is 5.82 Å². The highest BCUT2D eigenvalue weighted by atomic mass is 35.5. The topological polar surface area (TPSA) is 102 Å². The second-order valence-electron chi connectivity index (χ2n) is 6.53. The Kier molecular flexibility index (Phi) is 7.97. The highest BCUT2D eigenvalue weighted by Crippen LogP contribution is 2.33. The van der Waals surface area contributed by atoms with Gasteiger partial charge < -0.3 is 14.8 Å². The molecule has 13 heteroatoms. The Labute approximate surface area is 198 Å². The third-order valence-electron chi connectivity index (χ3n) is 4.37. The van der Waals surface area contributed by atoms with Gasteiger partial charge in [0.2, 0.25) is 10.0 Å². The molecule has 0 aromatic heterocycles. The normalized spacial score (nSPS) is 14.8. The summed E-state index contributed by atoms with van der Waals surface area (Å²) >= 11 is 17.7. The van der Waals surface area contributed by atoms with Crippen LogP contribution in [0.2, 0.25) is 15.1 Å². The van der Waals surface area contributed by atoms with E-state index in [0.717, 1.165) is 18.2 Å². The van der Waals surface area contributed by atoms with E-state index in [2.05, 4.69) is 5.32 Å². The Balaban J connectivity index is 1.70. The molecule has 0 unspecified atom stereocenters. The monoisotopic (exact) mass is 524 g/mol. The Morgan fingerprint density at radius 3 is 2.34 bits per heavy atom. The van der Waals surface area contributed by atoms with Gasteiger partial charge >= 0.3 is 5.97 Å². The molecule has 0 aliphatic carbocycles. The van der Waals surface area contributed by atoms with Crippen LogP contribution in [0.15, 0.2) is 35.2 Å². The number of amides is 1. The molecule has 1 heterocycles. The molecule has 1 saturated heterocycles. The molecule has 1 amide bonds. The van der Waals surface area contributed by atoms with Gasteiger partial charge in [0.25, 0.3) is 5.91 Å². The lowest BCUT2D eigenvalue weighted by molar-refractivity contribution is -0.119. The summed E-state index contributed by atoms with van der Waals surface area (Å²) in [5.41, 5.74) is -0.571. The third-order valence-corrected chi connectivity index (χ3v) is 7.08. The van der Waals surface area contributed by atoms with E-state index in [1.807, 2.05) is 0 Å². The predicted octanol–water partition coefficient (Wildman–Crippen LogP) is 3.60. The molecule has 1 aliphatic rings. The van der Waals surface area contributed by atoms with Gasteiger partial charge in [-0.05, 0) is 30.3 Å². The van der Waals surface area contributed by atoms with Crippen LogP contribution < -0.4 is 5.32 Å². The van der Waals surface area contributed by atoms with Crippen LogP contribution in [0.3, 0.4) is 0 Å². The van der Waals surface area contributed by atoms with Crippen LogP contribution in [0.5, 0.6) is 0 Å². The van der Waals surface area contributed by atoms with E-state index < -0.39 is 39.9 Å². The van der Waals surface area contributed by atoms with Crippen molar-refractivity contribution < 1.29 is 31.9 Å². The highest BCUT2D eigenvalue weighted by molar-refractivity contribution is 7.89. The number of sulfonamides is 1. The Hall–Kier alpha value is -1.95. The summed E-state index contributed by atoms with van der Waals surface area (Å²) < 4.78 is 50.8. The number of morpholine rings is 1. The van der Waals surface area contributed by atoms with Crippen molar-refractivity contribution in [3.05, 3.63) is 56.8 Å². The van der Waals surface area contributed by atoms with Crippen molar-refractivity contribution in [3.8, 4) is 0 Å². The van der Waals surface area contributed by atoms with Crippen LogP contribution in [0.1, 0.15) is 10.4 Å². The molecule has 2 aromatic carbocycles. The summed E-state index contributed by atoms with van der Waals surface area (Å²) in [6.07, 6.45) is 0. The number of carbonyl (C=O) groups excluding carboxylic acids is 2. The van der Waals surface area contributed by atoms with Crippen molar-refractivity contribution in [1.82, 2.24) is 4.31 Å². The largest absolute Gasteiger partial charge is 0.452 e. The van der Waals surface area contributed by atoms with E-state index in [-0.39, 0.29) is 52.0 Å². The standard InChI is InChI=1S/C19H16Cl3FN2O6S/c20-11-7-14(21)18(15(22)8-11)24-17(26)10-31-19(27)13-9-12(1-2-16(13)23)32(28,29)25-3-5-30-6-4-25/h1-2,7-9H,3-6,10H2,(H,24,26). The van der Waals surface area contributed by atoms with Gasteiger partial charge in [-0.3, -0.25) is 4.79 Å². The van der Waals surface area contributed by atoms with Crippen LogP contribution in [-0.2, 0) is 24.3 Å². The Bertz CT molecular complexity index is 1130. The maximum atomic E-state index is 14.2. The number of nitrogens with zero attached hydrogens (tertiary/aromatic N) is 1. The fraction of sp³-hybridized carbons (Fsp3) is 0.263. The van der Waals surface area contributed by atoms with Crippen molar-refractivity contribution >= 4 is 62.4 Å². The minimum Gasteiger partial charge on any atom is -0.452 e. The summed E-state index contributed by atoms with van der Waals surface area (Å²) in [5, 5.41) is 2.74. The van der Waals surface area contributed by atoms with Gasteiger partial charge in [-0.2, -0.15) is 4.31 Å². The van der Waals surface area contributed by atoms with Crippen LogP contribution >= 0.6 is 34.8 Å². The lowest BCUT2D eigenvalue weighted by atomic mass is 10.2. The number of carbonyl (C=O) groups is 2. The fourth-order valence-electron chi connectivity index (χ4n) is 2.80. The lowest BCUT2D eigenvalue weighted by Crippen LogP contribution is -2.40. The summed E-state index contributed by atoms with van der Waals surface area (Å²) in [7, 11) is -3.96. The average molecular weight is 526 g/mol. The summed E-state index contributed by atoms with van der Waals surface area (Å²) in [6, 6.07) is 5.47. The first-order valence-electron chi connectivity index (χ1n) is 9.08. The molecule has 0 spiro atoms. The molecule has 32 heavy (non-hydrogen) atoms. The zero-order chi connectivity index (χ0) is 23.5. The van der Waals surface area contributed by atoms with E-state index in [1.165, 1.54) is 16.4 Å². The molecule has 0 saturated carbocycles. The number of halogens is 4. The van der Waals surface area contributed by atoms with Gasteiger partial charge in [-0.25, -0.2) is 17.6 Å². The molecule has 2 aromatic rings. The maximum absolute atomic E-state index is 14.2. The van der Waals surface area contributed by atoms with Crippen molar-refractivity contribution in [3.63, 3.8) is 0 Å². The molecule has 0 atom stereocenters. The number of benzene rings is 2. The van der Waals surface area contributed by atoms with Crippen LogP contribution in [0.25, 0.3) is 0 Å². The zero-order valence-corrected chi connectivity index (χ0v) is 19.3. The number of rotatable bonds is 6. The minimum atomic E-state index is -3.96. The summed E-state index contributed by atoms with van der Waals surface area (Å²) in [5.74, 6) is -3.02. The van der Waals surface area contributed by atoms with Crippen LogP contribution in [0.4, 0.5) is 10.1 Å². The van der Waals surface area contributed by atoms with Crippen molar-refractivity contribution in [1.29, 1.82) is 0 Å². The van der Waals surface area contributed by atoms with Crippen molar-refractivity contribution in [2.24, 2.45) is 0 Å². The first-order valence-corrected chi connectivity index (χ1v) is 11.7. The number of hydrogen-bond donors (Lipinski definition) is 1. The number of esters is 1. The average Bonchev–Trinajstić information content (AvgIpc) is 2.75. The molecular weight excluding hydrogens is 510 g/mol. The van der Waals surface area contributed by atoms with E-state index >= 15 is 0 Å². The van der Waals surface area contributed by atoms with E-state index in [9.17, 15) is 22.4 Å². The molecule has 3 rings (SSSR count). The van der Waals surface area contributed by atoms with E-state index in [4.69, 9.17) is 44.3 Å². The lowest BCUT2D eigenvalue weighted by Gasteiger charge is -2.26. The molecule has 0 bridgehead atoms. The number of anilines is 1. The fourth-order valence-corrected chi connectivity index (χ4v) is 5.15. The van der Waals surface area contributed by atoms with Gasteiger partial charge in [0, 0.05) is 18.1 Å². The first kappa shape index (κ1) is 24.7. The smallest absolute Gasteiger partial charge is 0.341 e. The van der Waals surface area contributed by atoms with Gasteiger partial charge in [0.05, 0.1) is 39.4 Å². The van der Waals surface area contributed by atoms with Gasteiger partial charge in [0.15, 0.2) is 6.61 Å². The van der Waals surface area contributed by atoms with Gasteiger partial charge in [0.1, 0.15) is 5.82 Å². The summed E-state index contributed by atoms with van der Waals surface area (Å²) in [4.78, 5) is 24.1. The molecule has 1 fully saturated rings. The van der Waals surface area contributed by atoms with Crippen molar-refractivity contribution in [2.45, 2.75) is 4.90 Å². The Morgan fingerprint density at radius 2 is 1.72 bits per heavy atom. The van der Waals surface area contributed by atoms with Crippen molar-refractivity contribution in [2.75, 3.05) is 38.2 Å². The van der Waals surface area contributed by atoms with E-state index in [1.54, 1.807) is 0 Å². The zero-order valence-electron chi connectivity index (χ0n) is 16.2. The quantitative estimate of drug-likeness (QED) is 0.578. The van der Waals surface area contributed by atoms with Crippen LogP contribution in [-0.4, -0.2) is 57.5 Å². The number of nitrogens with one attached hydrogen (secondary N) is 1. The Morgan fingerprint density at radius 1 is 1.09 bits per heavy atom. The first-order chi connectivity index (χ1) is 15.1. The molecule has 1 aliphatic heterocycles.